The van der Waals surface area contributed by atoms with Crippen LogP contribution in [-0.2, 0) is 0 Å². The Hall–Kier alpha value is -3.81. The standard InChI is InChI=1S/C22H25FN6O/c1-2-29(22(30)20-5-3-4-6-21(20)28-27-15-13-24)16-12-18(25)11-14-26-19-9-7-17(23)8-10-19/h3-11,13-15,24,28H,2,12,16,25H2,1H3. The van der Waals surface area contributed by atoms with Gasteiger partial charge in [-0.15, -0.1) is 0 Å². The van der Waals surface area contributed by atoms with Crippen molar-refractivity contribution in [1.82, 2.24) is 4.90 Å². The monoisotopic (exact) mass is 408 g/mol. The number of anilines is 1. The maximum absolute atomic E-state index is 12.9. The lowest BCUT2D eigenvalue weighted by molar-refractivity contribution is 0.0767. The van der Waals surface area contributed by atoms with Gasteiger partial charge in [-0.3, -0.25) is 15.2 Å². The molecule has 0 fully saturated rings. The van der Waals surface area contributed by atoms with E-state index in [0.717, 1.165) is 6.21 Å². The number of halogens is 1. The smallest absolute Gasteiger partial charge is 0.256 e. The third-order valence-electron chi connectivity index (χ3n) is 4.17. The van der Waals surface area contributed by atoms with Crippen LogP contribution in [0.4, 0.5) is 15.8 Å². The van der Waals surface area contributed by atoms with Crippen LogP contribution in [0.15, 0.2) is 70.4 Å². The van der Waals surface area contributed by atoms with Crippen LogP contribution in [0.25, 0.3) is 0 Å². The van der Waals surface area contributed by atoms with Crippen LogP contribution < -0.4 is 11.2 Å². The van der Waals surface area contributed by atoms with Gasteiger partial charge in [0, 0.05) is 37.6 Å². The molecule has 0 aliphatic carbocycles. The number of allylic oxidation sites excluding steroid dienone is 1. The second-order valence-corrected chi connectivity index (χ2v) is 6.23. The Morgan fingerprint density at radius 1 is 1.20 bits per heavy atom. The molecule has 0 bridgehead atoms. The second kappa shape index (κ2) is 11.9. The zero-order chi connectivity index (χ0) is 21.8. The van der Waals surface area contributed by atoms with Crippen molar-refractivity contribution in [1.29, 1.82) is 5.41 Å². The van der Waals surface area contributed by atoms with Gasteiger partial charge in [0.15, 0.2) is 0 Å². The van der Waals surface area contributed by atoms with Crippen LogP contribution in [0.1, 0.15) is 23.7 Å². The number of hydrazone groups is 1. The largest absolute Gasteiger partial charge is 0.402 e. The number of nitrogens with two attached hydrogens (primary N) is 1. The number of benzene rings is 2. The molecule has 30 heavy (non-hydrogen) atoms. The van der Waals surface area contributed by atoms with Crippen molar-refractivity contribution in [3.8, 4) is 0 Å². The molecule has 2 aromatic carbocycles. The van der Waals surface area contributed by atoms with Gasteiger partial charge in [0.25, 0.3) is 5.91 Å². The Balaban J connectivity index is 1.99. The van der Waals surface area contributed by atoms with E-state index < -0.39 is 0 Å². The number of nitrogens with one attached hydrogen (secondary N) is 2. The molecular weight excluding hydrogens is 383 g/mol. The Labute approximate surface area is 175 Å². The third kappa shape index (κ3) is 6.97. The van der Waals surface area contributed by atoms with Crippen LogP contribution >= 0.6 is 0 Å². The van der Waals surface area contributed by atoms with Crippen molar-refractivity contribution < 1.29 is 9.18 Å². The first-order valence-electron chi connectivity index (χ1n) is 9.45. The third-order valence-corrected chi connectivity index (χ3v) is 4.17. The first-order chi connectivity index (χ1) is 14.5. The van der Waals surface area contributed by atoms with Crippen molar-refractivity contribution in [2.24, 2.45) is 15.8 Å². The van der Waals surface area contributed by atoms with E-state index in [2.05, 4.69) is 15.5 Å². The van der Waals surface area contributed by atoms with E-state index in [4.69, 9.17) is 11.1 Å². The molecule has 0 unspecified atom stereocenters. The summed E-state index contributed by atoms with van der Waals surface area (Å²) in [4.78, 5) is 18.8. The lowest BCUT2D eigenvalue weighted by Gasteiger charge is -2.22. The number of hydrogen-bond acceptors (Lipinski definition) is 6. The molecule has 7 nitrogen and oxygen atoms in total. The summed E-state index contributed by atoms with van der Waals surface area (Å²) < 4.78 is 12.9. The van der Waals surface area contributed by atoms with Gasteiger partial charge in [-0.2, -0.15) is 5.10 Å². The number of amides is 1. The summed E-state index contributed by atoms with van der Waals surface area (Å²) in [7, 11) is 0. The summed E-state index contributed by atoms with van der Waals surface area (Å²) in [5, 5.41) is 10.8. The molecule has 0 heterocycles. The van der Waals surface area contributed by atoms with Crippen LogP contribution in [0.2, 0.25) is 0 Å². The Bertz CT molecular complexity index is 937. The summed E-state index contributed by atoms with van der Waals surface area (Å²) in [5.74, 6) is -0.454. The highest BCUT2D eigenvalue weighted by molar-refractivity contribution is 6.14. The summed E-state index contributed by atoms with van der Waals surface area (Å²) in [6.45, 7) is 2.87. The summed E-state index contributed by atoms with van der Waals surface area (Å²) in [6.07, 6.45) is 6.04. The van der Waals surface area contributed by atoms with E-state index in [1.807, 2.05) is 6.92 Å². The molecule has 2 rings (SSSR count). The maximum atomic E-state index is 12.9. The number of nitrogens with zero attached hydrogens (tertiary/aromatic N) is 3. The zero-order valence-corrected chi connectivity index (χ0v) is 16.8. The fourth-order valence-corrected chi connectivity index (χ4v) is 2.58. The number of aliphatic imine (C=N–C) groups is 1. The lowest BCUT2D eigenvalue weighted by Crippen LogP contribution is -2.32. The summed E-state index contributed by atoms with van der Waals surface area (Å²) >= 11 is 0. The maximum Gasteiger partial charge on any atom is 0.256 e. The minimum absolute atomic E-state index is 0.140. The number of rotatable bonds is 10. The van der Waals surface area contributed by atoms with Crippen molar-refractivity contribution in [2.75, 3.05) is 18.5 Å². The van der Waals surface area contributed by atoms with E-state index in [9.17, 15) is 9.18 Å². The Kier molecular flexibility index (Phi) is 8.92. The molecule has 2 aromatic rings. The van der Waals surface area contributed by atoms with Gasteiger partial charge in [0.1, 0.15) is 5.82 Å². The predicted molar refractivity (Wildman–Crippen MR) is 120 cm³/mol. The number of carbonyl (C=O) groups is 1. The topological polar surface area (TPSA) is 107 Å². The number of carbonyl (C=O) groups excluding carboxylic acids is 1. The van der Waals surface area contributed by atoms with Crippen molar-refractivity contribution >= 4 is 35.9 Å². The number of hydrogen-bond donors (Lipinski definition) is 3. The quantitative estimate of drug-likeness (QED) is 0.409. The number of para-hydroxylation sites is 1. The molecule has 4 N–H and O–H groups in total. The van der Waals surface area contributed by atoms with Crippen molar-refractivity contribution in [3.63, 3.8) is 0 Å². The van der Waals surface area contributed by atoms with E-state index in [1.54, 1.807) is 53.6 Å². The molecule has 0 atom stereocenters. The minimum atomic E-state index is -0.313. The predicted octanol–water partition coefficient (Wildman–Crippen LogP) is 3.97. The van der Waals surface area contributed by atoms with Gasteiger partial charge < -0.3 is 16.0 Å². The summed E-state index contributed by atoms with van der Waals surface area (Å²) in [6, 6.07) is 12.9. The first kappa shape index (κ1) is 22.5. The summed E-state index contributed by atoms with van der Waals surface area (Å²) in [5.41, 5.74) is 11.1. The zero-order valence-electron chi connectivity index (χ0n) is 16.8. The average molecular weight is 408 g/mol. The minimum Gasteiger partial charge on any atom is -0.402 e. The highest BCUT2D eigenvalue weighted by Crippen LogP contribution is 2.18. The molecular formula is C22H25FN6O. The normalized spacial score (nSPS) is 11.7. The fourth-order valence-electron chi connectivity index (χ4n) is 2.58. The van der Waals surface area contributed by atoms with Crippen LogP contribution in [-0.4, -0.2) is 42.5 Å². The molecule has 8 heteroatoms. The molecule has 1 amide bonds. The van der Waals surface area contributed by atoms with Crippen molar-refractivity contribution in [3.05, 3.63) is 71.7 Å². The van der Waals surface area contributed by atoms with Gasteiger partial charge >= 0.3 is 0 Å². The Morgan fingerprint density at radius 3 is 2.63 bits per heavy atom. The van der Waals surface area contributed by atoms with Crippen molar-refractivity contribution in [2.45, 2.75) is 13.3 Å². The van der Waals surface area contributed by atoms with E-state index in [0.29, 0.717) is 42.1 Å². The fraction of sp³-hybridized carbons (Fsp3) is 0.182. The van der Waals surface area contributed by atoms with Gasteiger partial charge in [0.05, 0.1) is 23.2 Å². The van der Waals surface area contributed by atoms with Gasteiger partial charge in [-0.1, -0.05) is 12.1 Å². The van der Waals surface area contributed by atoms with Crippen LogP contribution in [0, 0.1) is 11.2 Å². The molecule has 0 saturated carbocycles. The molecule has 0 saturated heterocycles. The average Bonchev–Trinajstić information content (AvgIpc) is 2.76. The van der Waals surface area contributed by atoms with Crippen LogP contribution in [0.3, 0.4) is 0 Å². The molecule has 0 spiro atoms. The molecule has 0 aromatic heterocycles. The Morgan fingerprint density at radius 2 is 1.93 bits per heavy atom. The molecule has 0 aliphatic heterocycles. The highest BCUT2D eigenvalue weighted by atomic mass is 19.1. The SMILES string of the molecule is CCN(CCC(N)=CC=Nc1ccc(F)cc1)C(=O)c1ccccc1NN=CC=N. The van der Waals surface area contributed by atoms with E-state index in [-0.39, 0.29) is 11.7 Å². The molecule has 156 valence electrons. The first-order valence-corrected chi connectivity index (χ1v) is 9.45. The second-order valence-electron chi connectivity index (χ2n) is 6.23. The highest BCUT2D eigenvalue weighted by Gasteiger charge is 2.17. The van der Waals surface area contributed by atoms with Gasteiger partial charge in [-0.05, 0) is 49.4 Å². The van der Waals surface area contributed by atoms with E-state index >= 15 is 0 Å². The lowest BCUT2D eigenvalue weighted by atomic mass is 10.1. The molecule has 0 aliphatic rings. The molecule has 0 radical (unpaired) electrons. The van der Waals surface area contributed by atoms with Crippen LogP contribution in [0.5, 0.6) is 0 Å². The van der Waals surface area contributed by atoms with E-state index in [1.165, 1.54) is 18.3 Å². The van der Waals surface area contributed by atoms with Gasteiger partial charge in [-0.25, -0.2) is 4.39 Å². The van der Waals surface area contributed by atoms with Gasteiger partial charge in [0.2, 0.25) is 0 Å².